The second-order valence-electron chi connectivity index (χ2n) is 7.31. The quantitative estimate of drug-likeness (QED) is 0.154. The van der Waals surface area contributed by atoms with Crippen LogP contribution in [0.3, 0.4) is 0 Å². The summed E-state index contributed by atoms with van der Waals surface area (Å²) in [6, 6.07) is 27.7. The number of benzene rings is 2. The molecule has 0 nitrogen and oxygen atoms in total. The molecule has 0 fully saturated rings. The van der Waals surface area contributed by atoms with E-state index in [-0.39, 0.29) is 77.8 Å². The Morgan fingerprint density at radius 1 is 0.677 bits per heavy atom. The average Bonchev–Trinajstić information content (AvgIpc) is 3.19. The average molecular weight is 584 g/mol. The maximum atomic E-state index is 2.30. The van der Waals surface area contributed by atoms with E-state index in [0.29, 0.717) is 5.41 Å². The molecule has 0 amide bonds. The molecule has 0 N–H and O–H groups in total. The molecule has 0 heterocycles. The smallest absolute Gasteiger partial charge is 0 e. The van der Waals surface area contributed by atoms with Crippen LogP contribution >= 0.6 is 0 Å². The Labute approximate surface area is 215 Å². The minimum absolute atomic E-state index is 0. The minimum atomic E-state index is 0. The van der Waals surface area contributed by atoms with E-state index in [1.54, 1.807) is 0 Å². The van der Waals surface area contributed by atoms with Gasteiger partial charge in [-0.15, -0.1) is 28.5 Å². The second kappa shape index (κ2) is 19.2. The van der Waals surface area contributed by atoms with Gasteiger partial charge in [-0.05, 0) is 5.41 Å². The Balaban J connectivity index is -0.000000108. The Morgan fingerprint density at radius 2 is 1.19 bits per heavy atom. The van der Waals surface area contributed by atoms with Crippen LogP contribution in [0.25, 0.3) is 21.5 Å². The second-order valence-corrected chi connectivity index (χ2v) is 7.31. The van der Waals surface area contributed by atoms with Gasteiger partial charge in [0.05, 0.1) is 0 Å². The van der Waals surface area contributed by atoms with Gasteiger partial charge >= 0.3 is 0 Å². The first-order valence-electron chi connectivity index (χ1n) is 8.27. The Hall–Kier alpha value is -1.47. The van der Waals surface area contributed by atoms with Crippen molar-refractivity contribution < 1.29 is 25.8 Å². The van der Waals surface area contributed by atoms with E-state index in [0.717, 1.165) is 6.42 Å². The predicted molar refractivity (Wildman–Crippen MR) is 147 cm³/mol. The molecule has 4 aromatic rings. The van der Waals surface area contributed by atoms with Gasteiger partial charge in [0, 0.05) is 25.8 Å². The first kappa shape index (κ1) is 43.4. The molecule has 0 aliphatic carbocycles. The monoisotopic (exact) mass is 585 g/mol. The molecule has 0 saturated heterocycles. The van der Waals surface area contributed by atoms with E-state index < -0.39 is 0 Å². The van der Waals surface area contributed by atoms with Crippen molar-refractivity contribution in [3.63, 3.8) is 0 Å². The van der Waals surface area contributed by atoms with Crippen molar-refractivity contribution in [3.8, 4) is 0 Å². The SMILES string of the molecule is CC(C)(C)C[c-]1ccc2ccc3ccccc3c21.[CH3-].[CH3-].[CH3-].[CH3-].[CH3-].[CH3-].[CH3-].[Hf].c1cc[cH-]c1. The number of hydrogen-bond acceptors (Lipinski definition) is 0. The summed E-state index contributed by atoms with van der Waals surface area (Å²) in [5.41, 5.74) is 1.81. The molecule has 4 aromatic carbocycles. The normalized spacial score (nSPS) is 8.48. The van der Waals surface area contributed by atoms with Crippen LogP contribution in [0, 0.1) is 57.4 Å². The molecule has 1 heteroatoms. The van der Waals surface area contributed by atoms with E-state index in [1.807, 2.05) is 30.3 Å². The molecule has 0 aromatic heterocycles. The van der Waals surface area contributed by atoms with E-state index in [4.69, 9.17) is 0 Å². The van der Waals surface area contributed by atoms with Crippen molar-refractivity contribution in [2.45, 2.75) is 27.2 Å². The van der Waals surface area contributed by atoms with E-state index in [2.05, 4.69) is 69.3 Å². The number of rotatable bonds is 1. The fourth-order valence-corrected chi connectivity index (χ4v) is 3.10. The van der Waals surface area contributed by atoms with Crippen molar-refractivity contribution in [3.05, 3.63) is 136 Å². The molecule has 178 valence electrons. The van der Waals surface area contributed by atoms with Gasteiger partial charge in [0.25, 0.3) is 0 Å². The molecule has 0 aliphatic heterocycles. The van der Waals surface area contributed by atoms with Crippen molar-refractivity contribution in [1.29, 1.82) is 0 Å². The molecule has 0 atom stereocenters. The zero-order valence-corrected chi connectivity index (χ0v) is 25.3. The first-order chi connectivity index (χ1) is 11.0. The topological polar surface area (TPSA) is 0 Å². The molecule has 4 rings (SSSR count). The summed E-state index contributed by atoms with van der Waals surface area (Å²) in [6.07, 6.45) is 1.13. The van der Waals surface area contributed by atoms with Crippen LogP contribution in [0.2, 0.25) is 0 Å². The largest absolute Gasteiger partial charge is 0.358 e. The fourth-order valence-electron chi connectivity index (χ4n) is 3.10. The first-order valence-corrected chi connectivity index (χ1v) is 8.27. The Morgan fingerprint density at radius 3 is 1.68 bits per heavy atom. The molecule has 0 bridgehead atoms. The molecular formula is C30H45Hf-9. The zero-order valence-electron chi connectivity index (χ0n) is 21.7. The summed E-state index contributed by atoms with van der Waals surface area (Å²) in [5, 5.41) is 5.54. The van der Waals surface area contributed by atoms with Crippen LogP contribution in [0.5, 0.6) is 0 Å². The number of hydrogen-bond donors (Lipinski definition) is 0. The Bertz CT molecular complexity index is 856. The van der Waals surface area contributed by atoms with Crippen LogP contribution in [0.4, 0.5) is 0 Å². The van der Waals surface area contributed by atoms with Crippen molar-refractivity contribution in [2.75, 3.05) is 0 Å². The number of fused-ring (bicyclic) bond motifs is 3. The van der Waals surface area contributed by atoms with Crippen molar-refractivity contribution in [2.24, 2.45) is 5.41 Å². The third-order valence-electron chi connectivity index (χ3n) is 4.02. The summed E-state index contributed by atoms with van der Waals surface area (Å²) < 4.78 is 0. The molecule has 0 saturated carbocycles. The van der Waals surface area contributed by atoms with E-state index in [1.165, 1.54) is 27.1 Å². The van der Waals surface area contributed by atoms with E-state index in [9.17, 15) is 0 Å². The van der Waals surface area contributed by atoms with E-state index >= 15 is 0 Å². The van der Waals surface area contributed by atoms with Gasteiger partial charge in [0.1, 0.15) is 0 Å². The molecule has 0 unspecified atom stereocenters. The van der Waals surface area contributed by atoms with Gasteiger partial charge < -0.3 is 52.0 Å². The van der Waals surface area contributed by atoms with Gasteiger partial charge in [-0.1, -0.05) is 68.3 Å². The molecular weight excluding hydrogens is 539 g/mol. The summed E-state index contributed by atoms with van der Waals surface area (Å²) in [7, 11) is 0. The van der Waals surface area contributed by atoms with Crippen LogP contribution in [0.1, 0.15) is 26.3 Å². The summed E-state index contributed by atoms with van der Waals surface area (Å²) in [4.78, 5) is 0. The van der Waals surface area contributed by atoms with Crippen molar-refractivity contribution in [1.82, 2.24) is 0 Å². The fraction of sp³-hybridized carbons (Fsp3) is 0.167. The van der Waals surface area contributed by atoms with Crippen LogP contribution < -0.4 is 0 Å². The molecule has 0 aliphatic rings. The van der Waals surface area contributed by atoms with Crippen LogP contribution in [0.15, 0.2) is 78.9 Å². The Kier molecular flexibility index (Phi) is 26.9. The van der Waals surface area contributed by atoms with Gasteiger partial charge in [-0.25, -0.2) is 12.1 Å². The summed E-state index contributed by atoms with van der Waals surface area (Å²) >= 11 is 0. The maximum Gasteiger partial charge on any atom is 0 e. The van der Waals surface area contributed by atoms with Gasteiger partial charge in [0.15, 0.2) is 0 Å². The van der Waals surface area contributed by atoms with Crippen LogP contribution in [-0.2, 0) is 32.3 Å². The van der Waals surface area contributed by atoms with Gasteiger partial charge in [0.2, 0.25) is 0 Å². The molecule has 31 heavy (non-hydrogen) atoms. The molecule has 0 radical (unpaired) electrons. The van der Waals surface area contributed by atoms with Crippen LogP contribution in [-0.4, -0.2) is 0 Å². The summed E-state index contributed by atoms with van der Waals surface area (Å²) in [6.45, 7) is 6.91. The standard InChI is InChI=1S/C18H19.C5H5.7CH3.Hf/c1-18(2,3)12-15-11-10-14-9-8-13-6-4-5-7-16(13)17(14)15;1-2-4-5-3-1;;;;;;;;/h4-11H,12H2,1-3H3;1-5H;7*1H3;/q9*-1;. The maximum absolute atomic E-state index is 2.30. The van der Waals surface area contributed by atoms with Crippen molar-refractivity contribution >= 4 is 21.5 Å². The predicted octanol–water partition coefficient (Wildman–Crippen LogP) is 9.86. The van der Waals surface area contributed by atoms with Gasteiger partial charge in [-0.3, -0.25) is 0 Å². The van der Waals surface area contributed by atoms with Gasteiger partial charge in [-0.2, -0.15) is 24.3 Å². The minimum Gasteiger partial charge on any atom is -0.358 e. The molecule has 0 spiro atoms. The summed E-state index contributed by atoms with van der Waals surface area (Å²) in [5.74, 6) is 0. The third kappa shape index (κ3) is 11.6. The third-order valence-corrected chi connectivity index (χ3v) is 4.02. The zero-order chi connectivity index (χ0) is 16.3.